The highest BCUT2D eigenvalue weighted by molar-refractivity contribution is 14.1. The molecule has 0 unspecified atom stereocenters. The summed E-state index contributed by atoms with van der Waals surface area (Å²) in [5, 5.41) is 0.637. The highest BCUT2D eigenvalue weighted by Crippen LogP contribution is 2.19. The number of H-pyrrole nitrogens is 1. The Morgan fingerprint density at radius 2 is 1.72 bits per heavy atom. The van der Waals surface area contributed by atoms with E-state index in [4.69, 9.17) is 17.0 Å². The third-order valence-electron chi connectivity index (χ3n) is 4.34. The topological polar surface area (TPSA) is 50.3 Å². The Bertz CT molecular complexity index is 1040. The zero-order valence-electron chi connectivity index (χ0n) is 13.4. The Kier molecular flexibility index (Phi) is 4.61. The molecule has 0 radical (unpaired) electrons. The maximum Gasteiger partial charge on any atom is 0.266 e. The minimum absolute atomic E-state index is 0.101. The maximum absolute atomic E-state index is 12.9. The zero-order chi connectivity index (χ0) is 17.4. The molecule has 128 valence electrons. The van der Waals surface area contributed by atoms with Crippen molar-refractivity contribution in [3.8, 4) is 5.69 Å². The fraction of sp³-hybridized carbons (Fsp3) is 0.222. The maximum atomic E-state index is 12.9. The first kappa shape index (κ1) is 16.7. The summed E-state index contributed by atoms with van der Waals surface area (Å²) in [4.78, 5) is 18.4. The Morgan fingerprint density at radius 3 is 2.44 bits per heavy atom. The van der Waals surface area contributed by atoms with E-state index in [1.807, 2.05) is 42.5 Å². The fourth-order valence-electron chi connectivity index (χ4n) is 3.05. The normalized spacial score (nSPS) is 14.8. The standard InChI is InChI=1S/C18H16IN3O2S/c19-12-1-6-16-15(11-12)17(23)22(18(25)20-16)14-4-2-13(3-5-14)21-7-9-24-10-8-21/h1-6,11H,7-10H2,(H,20,25). The molecular formula is C18H16IN3O2S. The number of benzene rings is 2. The number of halogens is 1. The number of fused-ring (bicyclic) bond motifs is 1. The van der Waals surface area contributed by atoms with Crippen molar-refractivity contribution in [1.82, 2.24) is 9.55 Å². The SMILES string of the molecule is O=c1c2cc(I)ccc2[nH]c(=S)n1-c1ccc(N2CCOCC2)cc1. The second-order valence-electron chi connectivity index (χ2n) is 5.88. The van der Waals surface area contributed by atoms with Gasteiger partial charge in [0.2, 0.25) is 0 Å². The molecule has 0 atom stereocenters. The van der Waals surface area contributed by atoms with Gasteiger partial charge in [-0.15, -0.1) is 0 Å². The van der Waals surface area contributed by atoms with Crippen LogP contribution < -0.4 is 10.5 Å². The first-order valence-electron chi connectivity index (χ1n) is 8.01. The van der Waals surface area contributed by atoms with Crippen molar-refractivity contribution in [3.63, 3.8) is 0 Å². The van der Waals surface area contributed by atoms with E-state index >= 15 is 0 Å². The van der Waals surface area contributed by atoms with Gasteiger partial charge in [-0.25, -0.2) is 0 Å². The number of aromatic amines is 1. The number of rotatable bonds is 2. The molecule has 25 heavy (non-hydrogen) atoms. The van der Waals surface area contributed by atoms with Crippen molar-refractivity contribution in [2.24, 2.45) is 0 Å². The minimum atomic E-state index is -0.101. The van der Waals surface area contributed by atoms with E-state index in [1.165, 1.54) is 0 Å². The summed E-state index contributed by atoms with van der Waals surface area (Å²) in [7, 11) is 0. The first-order valence-corrected chi connectivity index (χ1v) is 9.50. The summed E-state index contributed by atoms with van der Waals surface area (Å²) in [5.74, 6) is 0. The summed E-state index contributed by atoms with van der Waals surface area (Å²) in [6, 6.07) is 13.7. The van der Waals surface area contributed by atoms with Gasteiger partial charge in [0, 0.05) is 22.3 Å². The van der Waals surface area contributed by atoms with E-state index < -0.39 is 0 Å². The van der Waals surface area contributed by atoms with Gasteiger partial charge in [0.15, 0.2) is 4.77 Å². The van der Waals surface area contributed by atoms with Crippen LogP contribution in [0.4, 0.5) is 5.69 Å². The number of hydrogen-bond acceptors (Lipinski definition) is 4. The van der Waals surface area contributed by atoms with Crippen LogP contribution >= 0.6 is 34.8 Å². The molecule has 7 heteroatoms. The number of aromatic nitrogens is 2. The predicted octanol–water partition coefficient (Wildman–Crippen LogP) is 3.49. The van der Waals surface area contributed by atoms with Crippen LogP contribution in [0, 0.1) is 8.34 Å². The molecule has 4 rings (SSSR count). The smallest absolute Gasteiger partial charge is 0.266 e. The van der Waals surface area contributed by atoms with Crippen LogP contribution in [0.25, 0.3) is 16.6 Å². The van der Waals surface area contributed by atoms with Crippen molar-refractivity contribution < 1.29 is 4.74 Å². The largest absolute Gasteiger partial charge is 0.378 e. The number of hydrogen-bond donors (Lipinski definition) is 1. The lowest BCUT2D eigenvalue weighted by molar-refractivity contribution is 0.122. The Morgan fingerprint density at radius 1 is 1.04 bits per heavy atom. The molecular weight excluding hydrogens is 449 g/mol. The van der Waals surface area contributed by atoms with Gasteiger partial charge >= 0.3 is 0 Å². The van der Waals surface area contributed by atoms with Crippen LogP contribution in [-0.4, -0.2) is 35.9 Å². The quantitative estimate of drug-likeness (QED) is 0.465. The first-order chi connectivity index (χ1) is 12.1. The van der Waals surface area contributed by atoms with E-state index in [2.05, 4.69) is 32.5 Å². The highest BCUT2D eigenvalue weighted by atomic mass is 127. The van der Waals surface area contributed by atoms with Crippen molar-refractivity contribution in [1.29, 1.82) is 0 Å². The molecule has 1 aliphatic heterocycles. The van der Waals surface area contributed by atoms with Crippen LogP contribution in [0.1, 0.15) is 0 Å². The summed E-state index contributed by atoms with van der Waals surface area (Å²) in [5.41, 5.74) is 2.56. The average Bonchev–Trinajstić information content (AvgIpc) is 2.64. The molecule has 5 nitrogen and oxygen atoms in total. The van der Waals surface area contributed by atoms with Gasteiger partial charge in [-0.1, -0.05) is 0 Å². The van der Waals surface area contributed by atoms with Crippen LogP contribution in [0.2, 0.25) is 0 Å². The Hall–Kier alpha value is -1.71. The monoisotopic (exact) mass is 465 g/mol. The van der Waals surface area contributed by atoms with Gasteiger partial charge < -0.3 is 14.6 Å². The third kappa shape index (κ3) is 3.23. The van der Waals surface area contributed by atoms with E-state index in [1.54, 1.807) is 4.57 Å². The molecule has 0 bridgehead atoms. The molecule has 1 N–H and O–H groups in total. The third-order valence-corrected chi connectivity index (χ3v) is 5.30. The lowest BCUT2D eigenvalue weighted by Gasteiger charge is -2.28. The van der Waals surface area contributed by atoms with E-state index in [-0.39, 0.29) is 5.56 Å². The summed E-state index contributed by atoms with van der Waals surface area (Å²) >= 11 is 7.62. The van der Waals surface area contributed by atoms with Gasteiger partial charge in [-0.2, -0.15) is 0 Å². The molecule has 1 aromatic heterocycles. The average molecular weight is 465 g/mol. The zero-order valence-corrected chi connectivity index (χ0v) is 16.3. The lowest BCUT2D eigenvalue weighted by atomic mass is 10.2. The van der Waals surface area contributed by atoms with Crippen LogP contribution in [-0.2, 0) is 4.74 Å². The predicted molar refractivity (Wildman–Crippen MR) is 110 cm³/mol. The van der Waals surface area contributed by atoms with Crippen molar-refractivity contribution in [2.45, 2.75) is 0 Å². The van der Waals surface area contributed by atoms with Gasteiger partial charge in [0.05, 0.1) is 29.8 Å². The molecule has 1 aliphatic rings. The number of ether oxygens (including phenoxy) is 1. The van der Waals surface area contributed by atoms with Gasteiger partial charge in [0.1, 0.15) is 0 Å². The molecule has 2 aromatic carbocycles. The lowest BCUT2D eigenvalue weighted by Crippen LogP contribution is -2.36. The van der Waals surface area contributed by atoms with E-state index in [0.717, 1.165) is 46.8 Å². The van der Waals surface area contributed by atoms with Gasteiger partial charge in [-0.05, 0) is 77.3 Å². The van der Waals surface area contributed by atoms with Crippen LogP contribution in [0.3, 0.4) is 0 Å². The second-order valence-corrected chi connectivity index (χ2v) is 7.51. The summed E-state index contributed by atoms with van der Waals surface area (Å²) in [6.45, 7) is 3.26. The number of morpholine rings is 1. The summed E-state index contributed by atoms with van der Waals surface area (Å²) in [6.07, 6.45) is 0. The number of anilines is 1. The molecule has 1 fully saturated rings. The van der Waals surface area contributed by atoms with Crippen LogP contribution in [0.15, 0.2) is 47.3 Å². The van der Waals surface area contributed by atoms with Gasteiger partial charge in [-0.3, -0.25) is 9.36 Å². The van der Waals surface area contributed by atoms with Gasteiger partial charge in [0.25, 0.3) is 5.56 Å². The van der Waals surface area contributed by atoms with E-state index in [0.29, 0.717) is 10.2 Å². The minimum Gasteiger partial charge on any atom is -0.378 e. The number of nitrogens with zero attached hydrogens (tertiary/aromatic N) is 2. The fourth-order valence-corrected chi connectivity index (χ4v) is 3.84. The second kappa shape index (κ2) is 6.89. The van der Waals surface area contributed by atoms with Crippen molar-refractivity contribution in [2.75, 3.05) is 31.2 Å². The van der Waals surface area contributed by atoms with Crippen molar-refractivity contribution in [3.05, 3.63) is 61.2 Å². The molecule has 0 saturated carbocycles. The molecule has 0 amide bonds. The van der Waals surface area contributed by atoms with Crippen molar-refractivity contribution >= 4 is 51.4 Å². The molecule has 0 spiro atoms. The number of nitrogens with one attached hydrogen (secondary N) is 1. The Balaban J connectivity index is 1.79. The van der Waals surface area contributed by atoms with E-state index in [9.17, 15) is 4.79 Å². The highest BCUT2D eigenvalue weighted by Gasteiger charge is 2.12. The molecule has 2 heterocycles. The Labute approximate surface area is 163 Å². The molecule has 1 saturated heterocycles. The molecule has 0 aliphatic carbocycles. The summed E-state index contributed by atoms with van der Waals surface area (Å²) < 4.78 is 8.36. The van der Waals surface area contributed by atoms with Crippen LogP contribution in [0.5, 0.6) is 0 Å². The molecule has 3 aromatic rings.